The molecular weight excluding hydrogens is 562 g/mol. The number of alkyl halides is 2. The van der Waals surface area contributed by atoms with Crippen molar-refractivity contribution in [1.82, 2.24) is 0 Å². The molecule has 0 aromatic heterocycles. The fourth-order valence-corrected chi connectivity index (χ4v) is 7.52. The zero-order valence-corrected chi connectivity index (χ0v) is 24.3. The predicted octanol–water partition coefficient (Wildman–Crippen LogP) is 4.82. The van der Waals surface area contributed by atoms with Gasteiger partial charge in [-0.15, -0.1) is 0 Å². The normalized spacial score (nSPS) is 21.7. The first-order valence-electron chi connectivity index (χ1n) is 14.6. The Kier molecular flexibility index (Phi) is 7.34. The number of hydrogen-bond donors (Lipinski definition) is 3. The van der Waals surface area contributed by atoms with E-state index in [0.717, 1.165) is 31.6 Å². The number of anilines is 4. The van der Waals surface area contributed by atoms with Crippen molar-refractivity contribution in [2.24, 2.45) is 5.41 Å². The molecule has 4 aliphatic rings. The Morgan fingerprint density at radius 3 is 2.21 bits per heavy atom. The van der Waals surface area contributed by atoms with Crippen molar-refractivity contribution in [2.45, 2.75) is 62.0 Å². The van der Waals surface area contributed by atoms with E-state index in [0.29, 0.717) is 40.9 Å². The maximum Gasteiger partial charge on any atom is 0.257 e. The number of sulfonamides is 1. The van der Waals surface area contributed by atoms with Crippen LogP contribution in [-0.2, 0) is 10.0 Å². The Morgan fingerprint density at radius 1 is 0.881 bits per heavy atom. The minimum absolute atomic E-state index is 0.199. The summed E-state index contributed by atoms with van der Waals surface area (Å²) in [6, 6.07) is 12.2. The van der Waals surface area contributed by atoms with Crippen LogP contribution in [0.1, 0.15) is 61.7 Å². The van der Waals surface area contributed by atoms with E-state index in [1.54, 1.807) is 36.4 Å². The molecule has 224 valence electrons. The number of aliphatic hydroxyl groups is 1. The van der Waals surface area contributed by atoms with Gasteiger partial charge in [0.2, 0.25) is 10.0 Å². The number of nitrogens with one attached hydrogen (secondary N) is 2. The van der Waals surface area contributed by atoms with E-state index in [4.69, 9.17) is 5.11 Å². The number of rotatable bonds is 7. The van der Waals surface area contributed by atoms with Crippen LogP contribution in [-0.4, -0.2) is 62.9 Å². The van der Waals surface area contributed by atoms with Crippen LogP contribution in [0.2, 0.25) is 0 Å². The molecule has 6 rings (SSSR count). The molecule has 0 unspecified atom stereocenters. The zero-order chi connectivity index (χ0) is 29.6. The minimum Gasteiger partial charge on any atom is -0.384 e. The average Bonchev–Trinajstić information content (AvgIpc) is 3.90. The summed E-state index contributed by atoms with van der Waals surface area (Å²) in [7, 11) is -3.84. The summed E-state index contributed by atoms with van der Waals surface area (Å²) in [4.78, 5) is 17.7. The van der Waals surface area contributed by atoms with E-state index in [1.807, 2.05) is 11.0 Å². The highest BCUT2D eigenvalue weighted by molar-refractivity contribution is 7.94. The lowest BCUT2D eigenvalue weighted by molar-refractivity contribution is -0.0220. The molecule has 0 atom stereocenters. The number of nitrogens with zero attached hydrogens (tertiary/aromatic N) is 2. The number of carbonyl (C=O) groups excluding carboxylic acids is 1. The van der Waals surface area contributed by atoms with Gasteiger partial charge in [-0.25, -0.2) is 17.2 Å². The van der Waals surface area contributed by atoms with Gasteiger partial charge in [0, 0.05) is 50.4 Å². The molecule has 1 spiro atoms. The lowest BCUT2D eigenvalue weighted by atomic mass is 9.93. The Labute approximate surface area is 245 Å². The fourth-order valence-electron chi connectivity index (χ4n) is 6.05. The third-order valence-electron chi connectivity index (χ3n) is 9.19. The third-order valence-corrected chi connectivity index (χ3v) is 11.2. The zero-order valence-electron chi connectivity index (χ0n) is 23.5. The molecule has 1 amide bonds. The van der Waals surface area contributed by atoms with Gasteiger partial charge in [-0.3, -0.25) is 9.52 Å². The van der Waals surface area contributed by atoms with E-state index in [-0.39, 0.29) is 31.8 Å². The summed E-state index contributed by atoms with van der Waals surface area (Å²) in [5.41, 5.74) is 3.18. The third kappa shape index (κ3) is 5.92. The summed E-state index contributed by atoms with van der Waals surface area (Å²) in [5.74, 6) is 2.21. The van der Waals surface area contributed by atoms with E-state index >= 15 is 0 Å². The molecular formula is C31H36F2N4O4S. The molecule has 4 fully saturated rings. The molecule has 42 heavy (non-hydrogen) atoms. The van der Waals surface area contributed by atoms with Gasteiger partial charge in [0.1, 0.15) is 6.61 Å². The number of carbonyl (C=O) groups is 1. The van der Waals surface area contributed by atoms with Crippen molar-refractivity contribution in [3.05, 3.63) is 48.0 Å². The van der Waals surface area contributed by atoms with E-state index in [2.05, 4.69) is 26.8 Å². The van der Waals surface area contributed by atoms with Crippen molar-refractivity contribution in [3.8, 4) is 11.8 Å². The summed E-state index contributed by atoms with van der Waals surface area (Å²) < 4.78 is 55.2. The number of hydrogen-bond acceptors (Lipinski definition) is 6. The van der Waals surface area contributed by atoms with Crippen LogP contribution >= 0.6 is 0 Å². The number of aliphatic hydroxyl groups excluding tert-OH is 1. The second kappa shape index (κ2) is 10.7. The molecule has 2 saturated carbocycles. The Morgan fingerprint density at radius 2 is 1.57 bits per heavy atom. The Hall–Kier alpha value is -3.36. The molecule has 11 heteroatoms. The maximum atomic E-state index is 13.7. The first kappa shape index (κ1) is 28.7. The van der Waals surface area contributed by atoms with Gasteiger partial charge >= 0.3 is 0 Å². The van der Waals surface area contributed by atoms with Crippen LogP contribution in [0, 0.1) is 17.3 Å². The monoisotopic (exact) mass is 598 g/mol. The molecule has 2 aliphatic carbocycles. The van der Waals surface area contributed by atoms with E-state index in [9.17, 15) is 22.0 Å². The molecule has 0 radical (unpaired) electrons. The Bertz CT molecular complexity index is 1520. The number of piperidine rings is 2. The standard InChI is InChI=1S/C31H36F2N4O4S/c32-31(33)14-18-36(19-15-31)25-4-1-3-23(21-25)34-28(39)26-6-5-24(35-42(40,41)30(10-11-30)7-2-20-38)22-27(26)37-16-12-29(8-9-29)13-17-37/h1,3-6,21-22,35,38H,8-20H2,(H,34,39). The lowest BCUT2D eigenvalue weighted by Gasteiger charge is -2.35. The van der Waals surface area contributed by atoms with Crippen LogP contribution in [0.5, 0.6) is 0 Å². The number of halogens is 2. The van der Waals surface area contributed by atoms with Crippen LogP contribution in [0.25, 0.3) is 0 Å². The van der Waals surface area contributed by atoms with Crippen molar-refractivity contribution in [2.75, 3.05) is 52.6 Å². The van der Waals surface area contributed by atoms with Gasteiger partial charge in [-0.1, -0.05) is 17.9 Å². The second-order valence-electron chi connectivity index (χ2n) is 12.1. The SMILES string of the molecule is O=C(Nc1cccc(N2CCC(F)(F)CC2)c1)c1ccc(NS(=O)(=O)C2(C#CCO)CC2)cc1N1CCC2(CC1)CC2. The Balaban J connectivity index is 1.24. The molecule has 2 aromatic rings. The highest BCUT2D eigenvalue weighted by Gasteiger charge is 2.54. The van der Waals surface area contributed by atoms with Crippen molar-refractivity contribution < 1.29 is 27.1 Å². The van der Waals surface area contributed by atoms with Crippen molar-refractivity contribution in [3.63, 3.8) is 0 Å². The molecule has 2 aromatic carbocycles. The van der Waals surface area contributed by atoms with Crippen LogP contribution in [0.15, 0.2) is 42.5 Å². The molecule has 3 N–H and O–H groups in total. The second-order valence-corrected chi connectivity index (χ2v) is 14.1. The highest BCUT2D eigenvalue weighted by atomic mass is 32.2. The van der Waals surface area contributed by atoms with Crippen LogP contribution < -0.4 is 19.8 Å². The topological polar surface area (TPSA) is 102 Å². The van der Waals surface area contributed by atoms with Crippen LogP contribution in [0.3, 0.4) is 0 Å². The minimum atomic E-state index is -3.84. The average molecular weight is 599 g/mol. The van der Waals surface area contributed by atoms with Crippen molar-refractivity contribution in [1.29, 1.82) is 0 Å². The number of benzene rings is 2. The largest absolute Gasteiger partial charge is 0.384 e. The molecule has 0 bridgehead atoms. The van der Waals surface area contributed by atoms with Gasteiger partial charge in [-0.05, 0) is 80.3 Å². The van der Waals surface area contributed by atoms with Gasteiger partial charge in [-0.2, -0.15) is 0 Å². The smallest absolute Gasteiger partial charge is 0.257 e. The molecule has 2 saturated heterocycles. The fraction of sp³-hybridized carbons (Fsp3) is 0.516. The molecule has 2 aliphatic heterocycles. The first-order valence-corrected chi connectivity index (χ1v) is 16.1. The maximum absolute atomic E-state index is 13.7. The summed E-state index contributed by atoms with van der Waals surface area (Å²) >= 11 is 0. The van der Waals surface area contributed by atoms with Gasteiger partial charge in [0.25, 0.3) is 11.8 Å². The van der Waals surface area contributed by atoms with E-state index < -0.39 is 27.3 Å². The molecule has 8 nitrogen and oxygen atoms in total. The number of amides is 1. The van der Waals surface area contributed by atoms with E-state index in [1.165, 1.54) is 12.8 Å². The summed E-state index contributed by atoms with van der Waals surface area (Å²) in [6.07, 6.45) is 4.92. The van der Waals surface area contributed by atoms with Gasteiger partial charge in [0.15, 0.2) is 4.75 Å². The van der Waals surface area contributed by atoms with Crippen molar-refractivity contribution >= 4 is 38.7 Å². The van der Waals surface area contributed by atoms with Crippen LogP contribution in [0.4, 0.5) is 31.5 Å². The highest BCUT2D eigenvalue weighted by Crippen LogP contribution is 2.54. The lowest BCUT2D eigenvalue weighted by Crippen LogP contribution is -2.39. The first-order chi connectivity index (χ1) is 20.0. The summed E-state index contributed by atoms with van der Waals surface area (Å²) in [6.45, 7) is 1.64. The summed E-state index contributed by atoms with van der Waals surface area (Å²) in [5, 5.41) is 12.0. The quantitative estimate of drug-likeness (QED) is 0.395. The van der Waals surface area contributed by atoms with Gasteiger partial charge in [0.05, 0.1) is 16.9 Å². The predicted molar refractivity (Wildman–Crippen MR) is 160 cm³/mol. The molecule has 2 heterocycles. The van der Waals surface area contributed by atoms with Gasteiger partial charge < -0.3 is 20.2 Å².